The normalized spacial score (nSPS) is 10.4. The Morgan fingerprint density at radius 2 is 1.83 bits per heavy atom. The van der Waals surface area contributed by atoms with Crippen LogP contribution in [0.25, 0.3) is 0 Å². The highest BCUT2D eigenvalue weighted by Crippen LogP contribution is 2.26. The quantitative estimate of drug-likeness (QED) is 0.891. The van der Waals surface area contributed by atoms with E-state index in [-0.39, 0.29) is 5.91 Å². The van der Waals surface area contributed by atoms with E-state index in [2.05, 4.69) is 21.4 Å². The van der Waals surface area contributed by atoms with E-state index < -0.39 is 0 Å². The van der Waals surface area contributed by atoms with E-state index in [1.54, 1.807) is 22.9 Å². The predicted molar refractivity (Wildman–Crippen MR) is 76.7 cm³/mol. The van der Waals surface area contributed by atoms with Gasteiger partial charge in [0.1, 0.15) is 0 Å². The molecule has 5 heteroatoms. The highest BCUT2D eigenvalue weighted by atomic mass is 79.9. The summed E-state index contributed by atoms with van der Waals surface area (Å²) in [7, 11) is 0. The van der Waals surface area contributed by atoms with Gasteiger partial charge in [-0.05, 0) is 54.0 Å². The molecule has 1 heterocycles. The second-order valence-corrected chi connectivity index (χ2v) is 5.23. The van der Waals surface area contributed by atoms with Crippen LogP contribution in [0, 0.1) is 13.8 Å². The largest absolute Gasteiger partial charge is 0.271 e. The molecule has 2 rings (SSSR count). The Morgan fingerprint density at radius 3 is 2.44 bits per heavy atom. The van der Waals surface area contributed by atoms with Crippen LogP contribution in [0.5, 0.6) is 0 Å². The summed E-state index contributed by atoms with van der Waals surface area (Å²) in [6, 6.07) is 9.15. The zero-order chi connectivity index (χ0) is 13.3. The zero-order valence-corrected chi connectivity index (χ0v) is 12.3. The molecule has 0 fully saturated rings. The summed E-state index contributed by atoms with van der Waals surface area (Å²) in [5.74, 6) is -0.233. The maximum Gasteiger partial charge on any atom is 0.271 e. The molecule has 0 aliphatic carbocycles. The Morgan fingerprint density at radius 1 is 1.22 bits per heavy atom. The second-order valence-electron chi connectivity index (χ2n) is 3.99. The minimum atomic E-state index is -0.233. The first-order chi connectivity index (χ1) is 8.50. The standard InChI is InChI=1S/C13H12BrClN2O/c1-8-6-7-9(2)17(8)16-13(18)10-4-3-5-11(14)12(10)15/h3-7H,1-2H3,(H,16,18). The average Bonchev–Trinajstić information content (AvgIpc) is 2.64. The fraction of sp³-hybridized carbons (Fsp3) is 0.154. The third-order valence-corrected chi connectivity index (χ3v) is 3.98. The van der Waals surface area contributed by atoms with Crippen LogP contribution in [-0.2, 0) is 0 Å². The van der Waals surface area contributed by atoms with E-state index in [0.29, 0.717) is 15.1 Å². The first kappa shape index (κ1) is 13.2. The SMILES string of the molecule is Cc1ccc(C)n1NC(=O)c1cccc(Br)c1Cl. The summed E-state index contributed by atoms with van der Waals surface area (Å²) in [5.41, 5.74) is 5.19. The first-order valence-electron chi connectivity index (χ1n) is 5.41. The number of amides is 1. The minimum absolute atomic E-state index is 0.233. The van der Waals surface area contributed by atoms with Crippen molar-refractivity contribution >= 4 is 33.4 Å². The van der Waals surface area contributed by atoms with Gasteiger partial charge in [0.2, 0.25) is 0 Å². The van der Waals surface area contributed by atoms with Crippen LogP contribution in [0.2, 0.25) is 5.02 Å². The van der Waals surface area contributed by atoms with Crippen molar-refractivity contribution in [1.29, 1.82) is 0 Å². The van der Waals surface area contributed by atoms with Crippen LogP contribution in [0.15, 0.2) is 34.8 Å². The molecule has 0 aliphatic rings. The van der Waals surface area contributed by atoms with Crippen molar-refractivity contribution < 1.29 is 4.79 Å². The lowest BCUT2D eigenvalue weighted by Crippen LogP contribution is -2.24. The molecule has 0 bridgehead atoms. The van der Waals surface area contributed by atoms with E-state index in [1.807, 2.05) is 26.0 Å². The molecule has 0 aliphatic heterocycles. The monoisotopic (exact) mass is 326 g/mol. The lowest BCUT2D eigenvalue weighted by atomic mass is 10.2. The van der Waals surface area contributed by atoms with Crippen LogP contribution in [0.3, 0.4) is 0 Å². The molecule has 1 aromatic heterocycles. The molecule has 0 unspecified atom stereocenters. The van der Waals surface area contributed by atoms with Gasteiger partial charge in [-0.1, -0.05) is 17.7 Å². The van der Waals surface area contributed by atoms with Gasteiger partial charge in [-0.15, -0.1) is 0 Å². The van der Waals surface area contributed by atoms with Gasteiger partial charge >= 0.3 is 0 Å². The predicted octanol–water partition coefficient (Wildman–Crippen LogP) is 3.90. The van der Waals surface area contributed by atoms with E-state index in [0.717, 1.165) is 11.4 Å². The molecular formula is C13H12BrClN2O. The Kier molecular flexibility index (Phi) is 3.78. The fourth-order valence-corrected chi connectivity index (χ4v) is 2.26. The number of halogens is 2. The maximum absolute atomic E-state index is 12.2. The zero-order valence-electron chi connectivity index (χ0n) is 10.00. The average molecular weight is 328 g/mol. The molecule has 1 aromatic carbocycles. The lowest BCUT2D eigenvalue weighted by molar-refractivity contribution is 0.101. The molecule has 0 saturated heterocycles. The Labute approximate surface area is 119 Å². The summed E-state index contributed by atoms with van der Waals surface area (Å²) in [6.07, 6.45) is 0. The van der Waals surface area contributed by atoms with Gasteiger partial charge in [-0.25, -0.2) is 0 Å². The van der Waals surface area contributed by atoms with Gasteiger partial charge in [0.25, 0.3) is 5.91 Å². The molecule has 3 nitrogen and oxygen atoms in total. The molecule has 0 saturated carbocycles. The number of hydrogen-bond donors (Lipinski definition) is 1. The van der Waals surface area contributed by atoms with Crippen molar-refractivity contribution in [3.63, 3.8) is 0 Å². The molecule has 0 radical (unpaired) electrons. The highest BCUT2D eigenvalue weighted by Gasteiger charge is 2.13. The fourth-order valence-electron chi connectivity index (χ4n) is 1.69. The van der Waals surface area contributed by atoms with Gasteiger partial charge in [0.15, 0.2) is 0 Å². The summed E-state index contributed by atoms with van der Waals surface area (Å²) < 4.78 is 2.44. The lowest BCUT2D eigenvalue weighted by Gasteiger charge is -2.12. The van der Waals surface area contributed by atoms with Gasteiger partial charge in [-0.3, -0.25) is 14.9 Å². The van der Waals surface area contributed by atoms with Gasteiger partial charge in [-0.2, -0.15) is 0 Å². The van der Waals surface area contributed by atoms with E-state index in [4.69, 9.17) is 11.6 Å². The highest BCUT2D eigenvalue weighted by molar-refractivity contribution is 9.10. The van der Waals surface area contributed by atoms with Crippen molar-refractivity contribution in [1.82, 2.24) is 4.68 Å². The van der Waals surface area contributed by atoms with E-state index in [1.165, 1.54) is 0 Å². The Bertz CT molecular complexity index is 588. The maximum atomic E-state index is 12.2. The van der Waals surface area contributed by atoms with Crippen molar-refractivity contribution in [3.05, 3.63) is 56.8 Å². The number of benzene rings is 1. The van der Waals surface area contributed by atoms with E-state index >= 15 is 0 Å². The molecule has 1 amide bonds. The topological polar surface area (TPSA) is 34.0 Å². The van der Waals surface area contributed by atoms with Crippen molar-refractivity contribution in [2.45, 2.75) is 13.8 Å². The third kappa shape index (κ3) is 2.44. The van der Waals surface area contributed by atoms with Crippen LogP contribution in [0.1, 0.15) is 21.7 Å². The van der Waals surface area contributed by atoms with Gasteiger partial charge in [0, 0.05) is 15.9 Å². The number of carbonyl (C=O) groups excluding carboxylic acids is 1. The summed E-state index contributed by atoms with van der Waals surface area (Å²) >= 11 is 9.39. The van der Waals surface area contributed by atoms with Crippen molar-refractivity contribution in [2.24, 2.45) is 0 Å². The van der Waals surface area contributed by atoms with Crippen LogP contribution in [0.4, 0.5) is 0 Å². The molecule has 1 N–H and O–H groups in total. The van der Waals surface area contributed by atoms with Crippen molar-refractivity contribution in [2.75, 3.05) is 5.43 Å². The minimum Gasteiger partial charge on any atom is -0.267 e. The number of aryl methyl sites for hydroxylation is 2. The second kappa shape index (κ2) is 5.16. The first-order valence-corrected chi connectivity index (χ1v) is 6.58. The number of hydrogen-bond acceptors (Lipinski definition) is 1. The number of nitrogens with zero attached hydrogens (tertiary/aromatic N) is 1. The molecule has 0 spiro atoms. The van der Waals surface area contributed by atoms with Crippen LogP contribution < -0.4 is 5.43 Å². The van der Waals surface area contributed by atoms with Gasteiger partial charge < -0.3 is 0 Å². The molecular weight excluding hydrogens is 316 g/mol. The molecule has 94 valence electrons. The molecule has 2 aromatic rings. The number of rotatable bonds is 2. The summed E-state index contributed by atoms with van der Waals surface area (Å²) in [4.78, 5) is 12.2. The summed E-state index contributed by atoms with van der Waals surface area (Å²) in [6.45, 7) is 3.85. The Hall–Kier alpha value is -1.26. The smallest absolute Gasteiger partial charge is 0.267 e. The molecule has 0 atom stereocenters. The third-order valence-electron chi connectivity index (χ3n) is 2.68. The van der Waals surface area contributed by atoms with Gasteiger partial charge in [0.05, 0.1) is 10.6 Å². The van der Waals surface area contributed by atoms with Crippen molar-refractivity contribution in [3.8, 4) is 0 Å². The molecule has 18 heavy (non-hydrogen) atoms. The van der Waals surface area contributed by atoms with E-state index in [9.17, 15) is 4.79 Å². The number of nitrogens with one attached hydrogen (secondary N) is 1. The number of carbonyl (C=O) groups is 1. The van der Waals surface area contributed by atoms with Crippen LogP contribution >= 0.6 is 27.5 Å². The van der Waals surface area contributed by atoms with Crippen LogP contribution in [-0.4, -0.2) is 10.6 Å². The number of aromatic nitrogens is 1. The Balaban J connectivity index is 2.31. The summed E-state index contributed by atoms with van der Waals surface area (Å²) in [5, 5.41) is 0.414.